The summed E-state index contributed by atoms with van der Waals surface area (Å²) < 4.78 is 0. The van der Waals surface area contributed by atoms with Crippen LogP contribution < -0.4 is 5.32 Å². The summed E-state index contributed by atoms with van der Waals surface area (Å²) in [5.74, 6) is 0. The van der Waals surface area contributed by atoms with Crippen LogP contribution in [-0.2, 0) is 0 Å². The summed E-state index contributed by atoms with van der Waals surface area (Å²) >= 11 is 0. The molecule has 0 amide bonds. The van der Waals surface area contributed by atoms with Gasteiger partial charge in [0.25, 0.3) is 0 Å². The Balaban J connectivity index is 2.58. The monoisotopic (exact) mass is 215 g/mol. The lowest BCUT2D eigenvalue weighted by Gasteiger charge is -2.28. The van der Waals surface area contributed by atoms with Gasteiger partial charge in [0, 0.05) is 11.1 Å². The van der Waals surface area contributed by atoms with Gasteiger partial charge in [-0.1, -0.05) is 30.3 Å². The second-order valence-corrected chi connectivity index (χ2v) is 5.74. The van der Waals surface area contributed by atoms with Crippen LogP contribution in [0.3, 0.4) is 0 Å². The molecule has 1 heterocycles. The van der Waals surface area contributed by atoms with Gasteiger partial charge in [0.15, 0.2) is 0 Å². The third-order valence-corrected chi connectivity index (χ3v) is 3.62. The molecule has 86 valence electrons. The lowest BCUT2D eigenvalue weighted by atomic mass is 9.86. The van der Waals surface area contributed by atoms with Crippen LogP contribution in [0.5, 0.6) is 0 Å². The molecule has 2 rings (SSSR count). The van der Waals surface area contributed by atoms with Gasteiger partial charge >= 0.3 is 0 Å². The van der Waals surface area contributed by atoms with Crippen molar-refractivity contribution < 1.29 is 0 Å². The molecule has 0 saturated carbocycles. The van der Waals surface area contributed by atoms with Gasteiger partial charge in [-0.25, -0.2) is 0 Å². The minimum atomic E-state index is 0.0505. The fourth-order valence-corrected chi connectivity index (χ4v) is 2.90. The Kier molecular flexibility index (Phi) is 2.47. The number of hydrogen-bond donors (Lipinski definition) is 1. The van der Waals surface area contributed by atoms with Crippen LogP contribution in [0.25, 0.3) is 5.57 Å². The zero-order chi connectivity index (χ0) is 12.0. The van der Waals surface area contributed by atoms with Crippen LogP contribution in [0.1, 0.15) is 40.2 Å². The van der Waals surface area contributed by atoms with E-state index in [0.717, 1.165) is 0 Å². The summed E-state index contributed by atoms with van der Waals surface area (Å²) in [5, 5.41) is 3.69. The van der Waals surface area contributed by atoms with E-state index in [1.54, 1.807) is 0 Å². The quantitative estimate of drug-likeness (QED) is 0.754. The van der Waals surface area contributed by atoms with Gasteiger partial charge in [0.05, 0.1) is 0 Å². The van der Waals surface area contributed by atoms with Gasteiger partial charge < -0.3 is 0 Å². The summed E-state index contributed by atoms with van der Waals surface area (Å²) in [5.41, 5.74) is 4.37. The van der Waals surface area contributed by atoms with Crippen LogP contribution in [0.4, 0.5) is 0 Å². The van der Waals surface area contributed by atoms with Gasteiger partial charge in [-0.15, -0.1) is 0 Å². The molecule has 1 aromatic rings. The van der Waals surface area contributed by atoms with Crippen LogP contribution in [0.2, 0.25) is 0 Å². The first-order chi connectivity index (χ1) is 7.34. The smallest absolute Gasteiger partial charge is 0.0390 e. The Bertz CT molecular complexity index is 424. The maximum absolute atomic E-state index is 3.69. The highest BCUT2D eigenvalue weighted by Crippen LogP contribution is 2.41. The lowest BCUT2D eigenvalue weighted by molar-refractivity contribution is 0.392. The van der Waals surface area contributed by atoms with Crippen molar-refractivity contribution in [1.82, 2.24) is 5.32 Å². The van der Waals surface area contributed by atoms with Gasteiger partial charge in [-0.3, -0.25) is 5.32 Å². The molecule has 0 fully saturated rings. The molecule has 1 heteroatoms. The van der Waals surface area contributed by atoms with Crippen LogP contribution in [-0.4, -0.2) is 11.1 Å². The van der Waals surface area contributed by atoms with Crippen molar-refractivity contribution in [1.29, 1.82) is 0 Å². The van der Waals surface area contributed by atoms with Crippen LogP contribution >= 0.6 is 0 Å². The maximum Gasteiger partial charge on any atom is 0.0390 e. The number of nitrogens with one attached hydrogen (secondary N) is 1. The Morgan fingerprint density at radius 3 is 1.88 bits per heavy atom. The molecule has 0 spiro atoms. The molecular formula is C15H21N. The van der Waals surface area contributed by atoms with Gasteiger partial charge in [0.1, 0.15) is 0 Å². The Morgan fingerprint density at radius 2 is 1.44 bits per heavy atom. The minimum Gasteiger partial charge on any atom is -0.299 e. The van der Waals surface area contributed by atoms with E-state index in [-0.39, 0.29) is 11.1 Å². The van der Waals surface area contributed by atoms with Crippen molar-refractivity contribution in [3.8, 4) is 0 Å². The maximum atomic E-state index is 3.69. The topological polar surface area (TPSA) is 12.0 Å². The molecule has 1 aromatic carbocycles. The molecule has 16 heavy (non-hydrogen) atoms. The first kappa shape index (κ1) is 11.4. The van der Waals surface area contributed by atoms with E-state index in [0.29, 0.717) is 0 Å². The zero-order valence-electron chi connectivity index (χ0n) is 10.9. The predicted molar refractivity (Wildman–Crippen MR) is 70.3 cm³/mol. The fourth-order valence-electron chi connectivity index (χ4n) is 2.90. The standard InChI is InChI=1S/C15H21N/c1-11-13(12-9-7-6-8-10-12)15(4,5)16-14(11,2)3/h6-10,16H,1-5H3. The minimum absolute atomic E-state index is 0.0505. The van der Waals surface area contributed by atoms with E-state index in [2.05, 4.69) is 70.3 Å². The van der Waals surface area contributed by atoms with Crippen LogP contribution in [0.15, 0.2) is 35.9 Å². The molecule has 0 aliphatic carbocycles. The Hall–Kier alpha value is -1.08. The molecule has 0 bridgehead atoms. The largest absolute Gasteiger partial charge is 0.299 e. The summed E-state index contributed by atoms with van der Waals surface area (Å²) in [7, 11) is 0. The van der Waals surface area contributed by atoms with Crippen LogP contribution in [0, 0.1) is 0 Å². The van der Waals surface area contributed by atoms with Crippen molar-refractivity contribution in [3.63, 3.8) is 0 Å². The van der Waals surface area contributed by atoms with E-state index in [4.69, 9.17) is 0 Å². The molecule has 1 N–H and O–H groups in total. The van der Waals surface area contributed by atoms with Crippen molar-refractivity contribution in [2.24, 2.45) is 0 Å². The second kappa shape index (κ2) is 3.46. The SMILES string of the molecule is CC1=C(c2ccccc2)C(C)(C)NC1(C)C. The summed E-state index contributed by atoms with van der Waals surface area (Å²) in [6.45, 7) is 11.3. The predicted octanol–water partition coefficient (Wildman–Crippen LogP) is 3.62. The number of rotatable bonds is 1. The summed E-state index contributed by atoms with van der Waals surface area (Å²) in [6.07, 6.45) is 0. The lowest BCUT2D eigenvalue weighted by Crippen LogP contribution is -2.46. The average molecular weight is 215 g/mol. The van der Waals surface area contributed by atoms with E-state index < -0.39 is 0 Å². The van der Waals surface area contributed by atoms with Crippen molar-refractivity contribution in [3.05, 3.63) is 41.5 Å². The first-order valence-electron chi connectivity index (χ1n) is 5.91. The molecule has 0 aromatic heterocycles. The number of hydrogen-bond acceptors (Lipinski definition) is 1. The normalized spacial score (nSPS) is 22.6. The van der Waals surface area contributed by atoms with E-state index in [1.165, 1.54) is 16.7 Å². The van der Waals surface area contributed by atoms with Gasteiger partial charge in [-0.2, -0.15) is 0 Å². The first-order valence-corrected chi connectivity index (χ1v) is 5.91. The third-order valence-electron chi connectivity index (χ3n) is 3.62. The highest BCUT2D eigenvalue weighted by Gasteiger charge is 2.41. The van der Waals surface area contributed by atoms with E-state index in [1.807, 2.05) is 0 Å². The molecule has 0 saturated heterocycles. The molecular weight excluding hydrogens is 194 g/mol. The molecule has 0 unspecified atom stereocenters. The average Bonchev–Trinajstić information content (AvgIpc) is 2.33. The van der Waals surface area contributed by atoms with Crippen molar-refractivity contribution in [2.45, 2.75) is 45.7 Å². The zero-order valence-corrected chi connectivity index (χ0v) is 10.9. The van der Waals surface area contributed by atoms with E-state index >= 15 is 0 Å². The van der Waals surface area contributed by atoms with Crippen molar-refractivity contribution in [2.75, 3.05) is 0 Å². The second-order valence-electron chi connectivity index (χ2n) is 5.74. The molecule has 1 aliphatic rings. The fraction of sp³-hybridized carbons (Fsp3) is 0.467. The summed E-state index contributed by atoms with van der Waals surface area (Å²) in [6, 6.07) is 10.7. The molecule has 0 atom stereocenters. The van der Waals surface area contributed by atoms with Gasteiger partial charge in [0.2, 0.25) is 0 Å². The van der Waals surface area contributed by atoms with Crippen molar-refractivity contribution >= 4 is 5.57 Å². The molecule has 1 nitrogen and oxygen atoms in total. The number of benzene rings is 1. The summed E-state index contributed by atoms with van der Waals surface area (Å²) in [4.78, 5) is 0. The highest BCUT2D eigenvalue weighted by atomic mass is 15.1. The highest BCUT2D eigenvalue weighted by molar-refractivity contribution is 5.79. The van der Waals surface area contributed by atoms with Gasteiger partial charge in [-0.05, 0) is 51.3 Å². The van der Waals surface area contributed by atoms with E-state index in [9.17, 15) is 0 Å². The molecule has 1 aliphatic heterocycles. The third kappa shape index (κ3) is 1.69. The Morgan fingerprint density at radius 1 is 0.875 bits per heavy atom. The molecule has 0 radical (unpaired) electrons. The Labute approximate surface area is 98.6 Å².